The van der Waals surface area contributed by atoms with Gasteiger partial charge in [-0.25, -0.2) is 13.1 Å². The molecule has 1 heterocycles. The zero-order valence-electron chi connectivity index (χ0n) is 18.3. The van der Waals surface area contributed by atoms with Crippen LogP contribution in [0.25, 0.3) is 5.57 Å². The number of nitrogens with zero attached hydrogens (tertiary/aromatic N) is 1. The largest absolute Gasteiger partial charge is 0.416 e. The number of carbonyl (C=O) groups is 1. The molecule has 1 aliphatic carbocycles. The molecule has 1 aromatic carbocycles. The van der Waals surface area contributed by atoms with Crippen molar-refractivity contribution in [2.75, 3.05) is 26.0 Å². The van der Waals surface area contributed by atoms with E-state index in [-0.39, 0.29) is 18.3 Å². The number of likely N-dealkylation sites (tertiary alicyclic amines) is 1. The fourth-order valence-electron chi connectivity index (χ4n) is 4.53. The maximum atomic E-state index is 13.3. The number of allylic oxidation sites excluding steroid dienone is 1. The number of carbonyl (C=O) groups excluding carboxylic acids is 1. The summed E-state index contributed by atoms with van der Waals surface area (Å²) >= 11 is 0. The summed E-state index contributed by atoms with van der Waals surface area (Å²) in [6.07, 6.45) is 0.534. The van der Waals surface area contributed by atoms with Gasteiger partial charge in [0.15, 0.2) is 0 Å². The van der Waals surface area contributed by atoms with Crippen LogP contribution in [-0.4, -0.2) is 68.5 Å². The Hall–Kier alpha value is -1.95. The van der Waals surface area contributed by atoms with E-state index in [4.69, 9.17) is 4.74 Å². The van der Waals surface area contributed by atoms with Gasteiger partial charge in [0.25, 0.3) is 0 Å². The molecule has 1 fully saturated rings. The lowest BCUT2D eigenvalue weighted by Crippen LogP contribution is -2.59. The molecular formula is C22H29F3N2O5S. The third kappa shape index (κ3) is 6.78. The topological polar surface area (TPSA) is 95.9 Å². The molecule has 0 spiro atoms. The van der Waals surface area contributed by atoms with Crippen molar-refractivity contribution in [1.82, 2.24) is 9.62 Å². The third-order valence-corrected chi connectivity index (χ3v) is 6.77. The number of amides is 1. The first-order valence-electron chi connectivity index (χ1n) is 10.8. The van der Waals surface area contributed by atoms with Crippen LogP contribution in [0.15, 0.2) is 30.3 Å². The third-order valence-electron chi connectivity index (χ3n) is 6.04. The summed E-state index contributed by atoms with van der Waals surface area (Å²) in [7, 11) is -3.52. The van der Waals surface area contributed by atoms with Crippen LogP contribution in [0.5, 0.6) is 0 Å². The van der Waals surface area contributed by atoms with Crippen LogP contribution in [0.1, 0.15) is 43.2 Å². The van der Waals surface area contributed by atoms with Gasteiger partial charge in [-0.1, -0.05) is 24.3 Å². The highest BCUT2D eigenvalue weighted by molar-refractivity contribution is 7.88. The molecule has 3 atom stereocenters. The van der Waals surface area contributed by atoms with Gasteiger partial charge in [0, 0.05) is 12.6 Å². The molecular weight excluding hydrogens is 461 g/mol. The highest BCUT2D eigenvalue weighted by atomic mass is 32.2. The van der Waals surface area contributed by atoms with Crippen LogP contribution in [0.2, 0.25) is 0 Å². The second-order valence-electron chi connectivity index (χ2n) is 8.45. The summed E-state index contributed by atoms with van der Waals surface area (Å²) in [5, 5.41) is 9.30. The predicted molar refractivity (Wildman–Crippen MR) is 117 cm³/mol. The Bertz CT molecular complexity index is 980. The average Bonchev–Trinajstić information content (AvgIpc) is 2.76. The number of alkyl halides is 3. The van der Waals surface area contributed by atoms with Gasteiger partial charge in [-0.3, -0.25) is 4.79 Å². The van der Waals surface area contributed by atoms with Crippen LogP contribution in [0.4, 0.5) is 13.2 Å². The summed E-state index contributed by atoms with van der Waals surface area (Å²) in [4.78, 5) is 13.6. The minimum absolute atomic E-state index is 0.0614. The lowest BCUT2D eigenvalue weighted by Gasteiger charge is -2.41. The molecule has 184 valence electrons. The summed E-state index contributed by atoms with van der Waals surface area (Å²) in [5.41, 5.74) is 0.132. The van der Waals surface area contributed by atoms with E-state index < -0.39 is 46.4 Å². The Balaban J connectivity index is 1.69. The second-order valence-corrected chi connectivity index (χ2v) is 10.2. The maximum absolute atomic E-state index is 13.3. The van der Waals surface area contributed by atoms with Crippen molar-refractivity contribution in [3.8, 4) is 0 Å². The fraction of sp³-hybridized carbons (Fsp3) is 0.591. The molecule has 0 radical (unpaired) electrons. The van der Waals surface area contributed by atoms with Crippen molar-refractivity contribution >= 4 is 21.5 Å². The summed E-state index contributed by atoms with van der Waals surface area (Å²) in [6.45, 7) is -0.236. The van der Waals surface area contributed by atoms with Crippen molar-refractivity contribution in [3.63, 3.8) is 0 Å². The number of sulfonamides is 1. The van der Waals surface area contributed by atoms with E-state index in [1.807, 2.05) is 0 Å². The first-order chi connectivity index (χ1) is 15.5. The predicted octanol–water partition coefficient (Wildman–Crippen LogP) is 2.56. The zero-order chi connectivity index (χ0) is 24.2. The average molecular weight is 491 g/mol. The van der Waals surface area contributed by atoms with Gasteiger partial charge >= 0.3 is 6.18 Å². The standard InChI is InChI=1S/C22H29F3N2O5S/c1-33(30,31)26-19-7-4-12-27(21(29)13-28)20(19)14-32-16-10-8-15(9-11-16)17-5-2-3-6-18(17)22(23,24)25/h2-3,5-6,8,16,19-20,26,28H,4,7,9-14H2,1H3. The smallest absolute Gasteiger partial charge is 0.387 e. The van der Waals surface area contributed by atoms with Crippen molar-refractivity contribution in [2.45, 2.75) is 56.5 Å². The number of aliphatic hydroxyl groups excluding tert-OH is 1. The molecule has 1 aliphatic heterocycles. The number of hydrogen-bond donors (Lipinski definition) is 2. The number of nitrogens with one attached hydrogen (secondary N) is 1. The molecule has 11 heteroatoms. The van der Waals surface area contributed by atoms with E-state index in [0.29, 0.717) is 44.2 Å². The van der Waals surface area contributed by atoms with Crippen LogP contribution >= 0.6 is 0 Å². The van der Waals surface area contributed by atoms with Crippen molar-refractivity contribution in [3.05, 3.63) is 41.5 Å². The molecule has 1 amide bonds. The van der Waals surface area contributed by atoms with Gasteiger partial charge < -0.3 is 14.7 Å². The molecule has 1 saturated heterocycles. The van der Waals surface area contributed by atoms with Gasteiger partial charge in [0.1, 0.15) is 6.61 Å². The number of ether oxygens (including phenoxy) is 1. The molecule has 7 nitrogen and oxygen atoms in total. The van der Waals surface area contributed by atoms with Crippen molar-refractivity contribution in [2.24, 2.45) is 0 Å². The maximum Gasteiger partial charge on any atom is 0.416 e. The molecule has 3 unspecified atom stereocenters. The number of benzene rings is 1. The fourth-order valence-corrected chi connectivity index (χ4v) is 5.35. The van der Waals surface area contributed by atoms with Crippen LogP contribution in [-0.2, 0) is 25.7 Å². The Morgan fingerprint density at radius 2 is 2.00 bits per heavy atom. The van der Waals surface area contributed by atoms with Gasteiger partial charge in [0.2, 0.25) is 15.9 Å². The quantitative estimate of drug-likeness (QED) is 0.613. The highest BCUT2D eigenvalue weighted by Crippen LogP contribution is 2.38. The first-order valence-corrected chi connectivity index (χ1v) is 12.7. The monoisotopic (exact) mass is 490 g/mol. The minimum atomic E-state index is -4.43. The van der Waals surface area contributed by atoms with Crippen LogP contribution in [0.3, 0.4) is 0 Å². The number of aliphatic hydroxyl groups is 1. The summed E-state index contributed by atoms with van der Waals surface area (Å²) in [6, 6.07) is 4.37. The van der Waals surface area contributed by atoms with E-state index in [9.17, 15) is 31.5 Å². The van der Waals surface area contributed by atoms with E-state index in [1.165, 1.54) is 17.0 Å². The minimum Gasteiger partial charge on any atom is -0.387 e. The summed E-state index contributed by atoms with van der Waals surface area (Å²) < 4.78 is 72.1. The number of hydrogen-bond acceptors (Lipinski definition) is 5. The molecule has 1 aromatic rings. The molecule has 2 N–H and O–H groups in total. The molecule has 0 aromatic heterocycles. The SMILES string of the molecule is CS(=O)(=O)NC1CCCN(C(=O)CO)C1COC1CC=C(c2ccccc2C(F)(F)F)CC1. The highest BCUT2D eigenvalue weighted by Gasteiger charge is 2.37. The molecule has 3 rings (SSSR count). The number of rotatable bonds is 7. The summed E-state index contributed by atoms with van der Waals surface area (Å²) in [5.74, 6) is -0.502. The van der Waals surface area contributed by atoms with E-state index in [0.717, 1.165) is 12.3 Å². The lowest BCUT2D eigenvalue weighted by atomic mass is 9.89. The van der Waals surface area contributed by atoms with Crippen molar-refractivity contribution in [1.29, 1.82) is 0 Å². The van der Waals surface area contributed by atoms with Crippen LogP contribution < -0.4 is 4.72 Å². The molecule has 33 heavy (non-hydrogen) atoms. The Kier molecular flexibility index (Phi) is 8.20. The van der Waals surface area contributed by atoms with Gasteiger partial charge in [-0.15, -0.1) is 0 Å². The molecule has 2 aliphatic rings. The van der Waals surface area contributed by atoms with Gasteiger partial charge in [-0.05, 0) is 49.3 Å². The van der Waals surface area contributed by atoms with E-state index in [2.05, 4.69) is 4.72 Å². The van der Waals surface area contributed by atoms with Gasteiger partial charge in [0.05, 0.1) is 30.6 Å². The van der Waals surface area contributed by atoms with Crippen molar-refractivity contribution < 1.29 is 36.2 Å². The van der Waals surface area contributed by atoms with Gasteiger partial charge in [-0.2, -0.15) is 13.2 Å². The first kappa shape index (κ1) is 25.7. The number of halogens is 3. The molecule has 0 saturated carbocycles. The van der Waals surface area contributed by atoms with E-state index in [1.54, 1.807) is 12.1 Å². The second kappa shape index (κ2) is 10.5. The normalized spacial score (nSPS) is 24.5. The zero-order valence-corrected chi connectivity index (χ0v) is 19.2. The van der Waals surface area contributed by atoms with Crippen LogP contribution in [0, 0.1) is 0 Å². The Morgan fingerprint density at radius 1 is 1.27 bits per heavy atom. The Labute approximate surface area is 191 Å². The molecule has 0 bridgehead atoms. The van der Waals surface area contributed by atoms with E-state index >= 15 is 0 Å². The lowest BCUT2D eigenvalue weighted by molar-refractivity contribution is -0.141. The number of piperidine rings is 1. The Morgan fingerprint density at radius 3 is 2.61 bits per heavy atom.